The molecule has 0 spiro atoms. The highest BCUT2D eigenvalue weighted by Crippen LogP contribution is 2.19. The number of ether oxygens (including phenoxy) is 3. The van der Waals surface area contributed by atoms with E-state index < -0.39 is 12.1 Å². The molecular weight excluding hydrogens is 196 g/mol. The summed E-state index contributed by atoms with van der Waals surface area (Å²) in [6.45, 7) is 1.63. The largest absolute Gasteiger partial charge is 0.497 e. The lowest BCUT2D eigenvalue weighted by Crippen LogP contribution is -2.24. The molecule has 0 fully saturated rings. The van der Waals surface area contributed by atoms with Gasteiger partial charge in [0.15, 0.2) is 6.10 Å². The Bertz CT molecular complexity index is 335. The molecule has 1 aromatic carbocycles. The van der Waals surface area contributed by atoms with Gasteiger partial charge in [0.2, 0.25) is 0 Å². The number of esters is 1. The highest BCUT2D eigenvalue weighted by molar-refractivity contribution is 5.74. The van der Waals surface area contributed by atoms with Crippen molar-refractivity contribution in [1.82, 2.24) is 0 Å². The molecule has 0 aliphatic carbocycles. The van der Waals surface area contributed by atoms with E-state index >= 15 is 0 Å². The van der Waals surface area contributed by atoms with Gasteiger partial charge in [-0.15, -0.1) is 0 Å². The Labute approximate surface area is 88.8 Å². The number of carbonyl (C=O) groups excluding carboxylic acids is 1. The van der Waals surface area contributed by atoms with Gasteiger partial charge in [-0.25, -0.2) is 4.79 Å². The highest BCUT2D eigenvalue weighted by Gasteiger charge is 2.14. The molecule has 0 saturated carbocycles. The number of rotatable bonds is 4. The number of hydrogen-bond donors (Lipinski definition) is 0. The molecule has 0 heterocycles. The highest BCUT2D eigenvalue weighted by atomic mass is 16.6. The van der Waals surface area contributed by atoms with Crippen molar-refractivity contribution in [2.45, 2.75) is 13.0 Å². The third kappa shape index (κ3) is 3.16. The molecular formula is C11H14O4. The SMILES string of the molecule is COC(=O)[C@@H](C)Oc1cccc(OC)c1. The van der Waals surface area contributed by atoms with Crippen molar-refractivity contribution in [1.29, 1.82) is 0 Å². The van der Waals surface area contributed by atoms with E-state index in [-0.39, 0.29) is 0 Å². The third-order valence-electron chi connectivity index (χ3n) is 1.89. The standard InChI is InChI=1S/C11H14O4/c1-8(11(12)14-3)15-10-6-4-5-9(7-10)13-2/h4-8H,1-3H3/t8-/m1/s1. The van der Waals surface area contributed by atoms with Crippen molar-refractivity contribution in [3.05, 3.63) is 24.3 Å². The van der Waals surface area contributed by atoms with Crippen LogP contribution in [0.1, 0.15) is 6.92 Å². The minimum Gasteiger partial charge on any atom is -0.497 e. The molecule has 4 heteroatoms. The van der Waals surface area contributed by atoms with E-state index in [9.17, 15) is 4.79 Å². The van der Waals surface area contributed by atoms with Crippen LogP contribution in [0.3, 0.4) is 0 Å². The second kappa shape index (κ2) is 5.24. The van der Waals surface area contributed by atoms with Crippen molar-refractivity contribution in [2.24, 2.45) is 0 Å². The molecule has 1 aromatic rings. The van der Waals surface area contributed by atoms with Gasteiger partial charge in [0.05, 0.1) is 14.2 Å². The fourth-order valence-electron chi connectivity index (χ4n) is 1.09. The van der Waals surface area contributed by atoms with Crippen LogP contribution in [0.2, 0.25) is 0 Å². The Morgan fingerprint density at radius 3 is 2.53 bits per heavy atom. The quantitative estimate of drug-likeness (QED) is 0.708. The first-order valence-electron chi connectivity index (χ1n) is 4.56. The molecule has 0 aliphatic heterocycles. The third-order valence-corrected chi connectivity index (χ3v) is 1.89. The smallest absolute Gasteiger partial charge is 0.346 e. The maximum absolute atomic E-state index is 11.1. The van der Waals surface area contributed by atoms with Gasteiger partial charge in [-0.2, -0.15) is 0 Å². The van der Waals surface area contributed by atoms with Crippen LogP contribution in [0.4, 0.5) is 0 Å². The van der Waals surface area contributed by atoms with Gasteiger partial charge in [-0.1, -0.05) is 6.07 Å². The van der Waals surface area contributed by atoms with Gasteiger partial charge < -0.3 is 14.2 Å². The molecule has 0 unspecified atom stereocenters. The van der Waals surface area contributed by atoms with Crippen molar-refractivity contribution in [3.8, 4) is 11.5 Å². The Morgan fingerprint density at radius 2 is 1.93 bits per heavy atom. The first-order valence-corrected chi connectivity index (χ1v) is 4.56. The van der Waals surface area contributed by atoms with Crippen molar-refractivity contribution in [2.75, 3.05) is 14.2 Å². The van der Waals surface area contributed by atoms with Gasteiger partial charge >= 0.3 is 5.97 Å². The van der Waals surface area contributed by atoms with Crippen LogP contribution < -0.4 is 9.47 Å². The zero-order chi connectivity index (χ0) is 11.3. The van der Waals surface area contributed by atoms with Crippen LogP contribution in [0.25, 0.3) is 0 Å². The predicted octanol–water partition coefficient (Wildman–Crippen LogP) is 1.64. The van der Waals surface area contributed by atoms with E-state index in [2.05, 4.69) is 4.74 Å². The van der Waals surface area contributed by atoms with Crippen LogP contribution >= 0.6 is 0 Å². The number of hydrogen-bond acceptors (Lipinski definition) is 4. The summed E-state index contributed by atoms with van der Waals surface area (Å²) >= 11 is 0. The average Bonchev–Trinajstić information content (AvgIpc) is 2.28. The van der Waals surface area contributed by atoms with E-state index in [0.29, 0.717) is 11.5 Å². The zero-order valence-corrected chi connectivity index (χ0v) is 9.02. The van der Waals surface area contributed by atoms with Crippen LogP contribution in [-0.2, 0) is 9.53 Å². The molecule has 0 saturated heterocycles. The minimum atomic E-state index is -0.623. The van der Waals surface area contributed by atoms with E-state index in [4.69, 9.17) is 9.47 Å². The van der Waals surface area contributed by atoms with Crippen LogP contribution in [0, 0.1) is 0 Å². The predicted molar refractivity (Wildman–Crippen MR) is 55.1 cm³/mol. The molecule has 82 valence electrons. The summed E-state index contributed by atoms with van der Waals surface area (Å²) < 4.78 is 14.9. The Kier molecular flexibility index (Phi) is 3.97. The average molecular weight is 210 g/mol. The summed E-state index contributed by atoms with van der Waals surface area (Å²) in [6, 6.07) is 7.05. The fraction of sp³-hybridized carbons (Fsp3) is 0.364. The van der Waals surface area contributed by atoms with Crippen LogP contribution in [0.5, 0.6) is 11.5 Å². The fourth-order valence-corrected chi connectivity index (χ4v) is 1.09. The summed E-state index contributed by atoms with van der Waals surface area (Å²) in [5, 5.41) is 0. The monoisotopic (exact) mass is 210 g/mol. The summed E-state index contributed by atoms with van der Waals surface area (Å²) in [7, 11) is 2.90. The second-order valence-electron chi connectivity index (χ2n) is 2.96. The Morgan fingerprint density at radius 1 is 1.27 bits per heavy atom. The lowest BCUT2D eigenvalue weighted by atomic mass is 10.3. The summed E-state index contributed by atoms with van der Waals surface area (Å²) in [5.41, 5.74) is 0. The molecule has 0 aromatic heterocycles. The molecule has 4 nitrogen and oxygen atoms in total. The molecule has 0 radical (unpaired) electrons. The molecule has 0 aliphatic rings. The van der Waals surface area contributed by atoms with Gasteiger partial charge in [-0.05, 0) is 19.1 Å². The van der Waals surface area contributed by atoms with Crippen LogP contribution in [-0.4, -0.2) is 26.3 Å². The molecule has 0 N–H and O–H groups in total. The topological polar surface area (TPSA) is 44.8 Å². The normalized spacial score (nSPS) is 11.7. The van der Waals surface area contributed by atoms with E-state index in [1.165, 1.54) is 7.11 Å². The lowest BCUT2D eigenvalue weighted by molar-refractivity contribution is -0.147. The zero-order valence-electron chi connectivity index (χ0n) is 9.02. The molecule has 0 amide bonds. The Hall–Kier alpha value is -1.71. The number of carbonyl (C=O) groups is 1. The summed E-state index contributed by atoms with van der Waals surface area (Å²) in [6.07, 6.45) is -0.623. The van der Waals surface area contributed by atoms with E-state index in [1.54, 1.807) is 38.3 Å². The molecule has 0 bridgehead atoms. The van der Waals surface area contributed by atoms with Crippen molar-refractivity contribution >= 4 is 5.97 Å². The maximum atomic E-state index is 11.1. The Balaban J connectivity index is 2.67. The van der Waals surface area contributed by atoms with Gasteiger partial charge in [-0.3, -0.25) is 0 Å². The van der Waals surface area contributed by atoms with Gasteiger partial charge in [0, 0.05) is 6.07 Å². The number of methoxy groups -OCH3 is 2. The first kappa shape index (κ1) is 11.4. The second-order valence-corrected chi connectivity index (χ2v) is 2.96. The maximum Gasteiger partial charge on any atom is 0.346 e. The summed E-state index contributed by atoms with van der Waals surface area (Å²) in [5.74, 6) is 0.856. The molecule has 15 heavy (non-hydrogen) atoms. The lowest BCUT2D eigenvalue weighted by Gasteiger charge is -2.12. The van der Waals surface area contributed by atoms with Crippen molar-refractivity contribution < 1.29 is 19.0 Å². The van der Waals surface area contributed by atoms with Crippen molar-refractivity contribution in [3.63, 3.8) is 0 Å². The first-order chi connectivity index (χ1) is 7.17. The molecule has 1 rings (SSSR count). The van der Waals surface area contributed by atoms with E-state index in [1.807, 2.05) is 0 Å². The van der Waals surface area contributed by atoms with Crippen LogP contribution in [0.15, 0.2) is 24.3 Å². The van der Waals surface area contributed by atoms with Gasteiger partial charge in [0.25, 0.3) is 0 Å². The number of benzene rings is 1. The van der Waals surface area contributed by atoms with Gasteiger partial charge in [0.1, 0.15) is 11.5 Å². The molecule has 1 atom stereocenters. The van der Waals surface area contributed by atoms with E-state index in [0.717, 1.165) is 0 Å². The minimum absolute atomic E-state index is 0.405. The summed E-state index contributed by atoms with van der Waals surface area (Å²) in [4.78, 5) is 11.1.